The van der Waals surface area contributed by atoms with Crippen LogP contribution in [0.25, 0.3) is 11.3 Å². The van der Waals surface area contributed by atoms with Crippen molar-refractivity contribution in [3.05, 3.63) is 42.1 Å². The van der Waals surface area contributed by atoms with E-state index in [0.717, 1.165) is 29.7 Å². The predicted octanol–water partition coefficient (Wildman–Crippen LogP) is 2.80. The summed E-state index contributed by atoms with van der Waals surface area (Å²) in [5, 5.41) is 7.57. The van der Waals surface area contributed by atoms with Crippen LogP contribution in [-0.4, -0.2) is 46.5 Å². The molecule has 134 valence electrons. The molecule has 0 radical (unpaired) electrons. The summed E-state index contributed by atoms with van der Waals surface area (Å²) in [4.78, 5) is 14.4. The first kappa shape index (κ1) is 17.5. The number of rotatable bonds is 5. The molecule has 1 aliphatic rings. The smallest absolute Gasteiger partial charge is 0.317 e. The average Bonchev–Trinajstić information content (AvgIpc) is 3.02. The van der Waals surface area contributed by atoms with Gasteiger partial charge in [-0.1, -0.05) is 43.7 Å². The maximum absolute atomic E-state index is 12.5. The number of urea groups is 1. The lowest BCUT2D eigenvalue weighted by Gasteiger charge is -2.32. The Kier molecular flexibility index (Phi) is 5.71. The number of carbonyl (C=O) groups is 1. The van der Waals surface area contributed by atoms with Gasteiger partial charge in [0.05, 0.1) is 18.4 Å². The van der Waals surface area contributed by atoms with Crippen molar-refractivity contribution in [1.82, 2.24) is 20.0 Å². The Morgan fingerprint density at radius 2 is 2.16 bits per heavy atom. The highest BCUT2D eigenvalue weighted by Gasteiger charge is 2.23. The van der Waals surface area contributed by atoms with Gasteiger partial charge in [0.15, 0.2) is 0 Å². The van der Waals surface area contributed by atoms with Crippen LogP contribution in [0.1, 0.15) is 25.3 Å². The van der Waals surface area contributed by atoms with Crippen LogP contribution >= 0.6 is 0 Å². The van der Waals surface area contributed by atoms with Crippen molar-refractivity contribution < 1.29 is 9.53 Å². The molecule has 1 aliphatic heterocycles. The van der Waals surface area contributed by atoms with Crippen molar-refractivity contribution >= 4 is 6.03 Å². The molecule has 0 bridgehead atoms. The second kappa shape index (κ2) is 8.16. The molecule has 3 rings (SSSR count). The summed E-state index contributed by atoms with van der Waals surface area (Å²) >= 11 is 0. The van der Waals surface area contributed by atoms with Gasteiger partial charge in [0.1, 0.15) is 0 Å². The van der Waals surface area contributed by atoms with Crippen molar-refractivity contribution in [1.29, 1.82) is 0 Å². The van der Waals surface area contributed by atoms with Gasteiger partial charge in [0, 0.05) is 44.0 Å². The molecule has 0 saturated carbocycles. The molecular weight excluding hydrogens is 316 g/mol. The Morgan fingerprint density at radius 3 is 2.92 bits per heavy atom. The zero-order valence-corrected chi connectivity index (χ0v) is 14.9. The first-order valence-corrected chi connectivity index (χ1v) is 8.89. The van der Waals surface area contributed by atoms with Crippen LogP contribution in [-0.2, 0) is 18.3 Å². The SMILES string of the molecule is CCCC1CN(C(=O)NCc2cn(C)nc2-c2ccccc2)CCO1. The molecule has 2 amide bonds. The minimum Gasteiger partial charge on any atom is -0.375 e. The fraction of sp³-hybridized carbons (Fsp3) is 0.474. The maximum Gasteiger partial charge on any atom is 0.317 e. The van der Waals surface area contributed by atoms with Crippen molar-refractivity contribution in [2.75, 3.05) is 19.7 Å². The van der Waals surface area contributed by atoms with E-state index in [4.69, 9.17) is 4.74 Å². The molecule has 6 heteroatoms. The predicted molar refractivity (Wildman–Crippen MR) is 97.1 cm³/mol. The largest absolute Gasteiger partial charge is 0.375 e. The van der Waals surface area contributed by atoms with Gasteiger partial charge in [-0.2, -0.15) is 5.10 Å². The average molecular weight is 342 g/mol. The molecule has 1 N–H and O–H groups in total. The lowest BCUT2D eigenvalue weighted by molar-refractivity contribution is -0.0181. The molecule has 1 unspecified atom stereocenters. The third kappa shape index (κ3) is 4.39. The van der Waals surface area contributed by atoms with Crippen LogP contribution in [0.4, 0.5) is 4.79 Å². The third-order valence-electron chi connectivity index (χ3n) is 4.42. The monoisotopic (exact) mass is 342 g/mol. The number of aryl methyl sites for hydroxylation is 1. The van der Waals surface area contributed by atoms with Crippen LogP contribution in [0.15, 0.2) is 36.5 Å². The Labute approximate surface area is 148 Å². The summed E-state index contributed by atoms with van der Waals surface area (Å²) in [6, 6.07) is 10.0. The topological polar surface area (TPSA) is 59.4 Å². The molecular formula is C19H26N4O2. The van der Waals surface area contributed by atoms with Crippen LogP contribution in [0, 0.1) is 0 Å². The third-order valence-corrected chi connectivity index (χ3v) is 4.42. The van der Waals surface area contributed by atoms with E-state index in [0.29, 0.717) is 26.2 Å². The van der Waals surface area contributed by atoms with Crippen molar-refractivity contribution in [2.24, 2.45) is 7.05 Å². The van der Waals surface area contributed by atoms with E-state index in [1.807, 2.05) is 48.5 Å². The number of hydrogen-bond donors (Lipinski definition) is 1. The van der Waals surface area contributed by atoms with Gasteiger partial charge in [-0.15, -0.1) is 0 Å². The molecule has 0 aliphatic carbocycles. The standard InChI is InChI=1S/C19H26N4O2/c1-3-7-17-14-23(10-11-25-17)19(24)20-12-16-13-22(2)21-18(16)15-8-5-4-6-9-15/h4-6,8-9,13,17H,3,7,10-12,14H2,1-2H3,(H,20,24). The first-order chi connectivity index (χ1) is 12.2. The number of morpholine rings is 1. The summed E-state index contributed by atoms with van der Waals surface area (Å²) in [5.41, 5.74) is 2.98. The fourth-order valence-electron chi connectivity index (χ4n) is 3.19. The second-order valence-electron chi connectivity index (χ2n) is 6.43. The highest BCUT2D eigenvalue weighted by Crippen LogP contribution is 2.21. The van der Waals surface area contributed by atoms with E-state index >= 15 is 0 Å². The van der Waals surface area contributed by atoms with E-state index in [1.54, 1.807) is 4.68 Å². The summed E-state index contributed by atoms with van der Waals surface area (Å²) in [6.45, 7) is 4.52. The number of carbonyl (C=O) groups excluding carboxylic acids is 1. The molecule has 25 heavy (non-hydrogen) atoms. The molecule has 6 nitrogen and oxygen atoms in total. The van der Waals surface area contributed by atoms with E-state index in [2.05, 4.69) is 17.3 Å². The van der Waals surface area contributed by atoms with Crippen LogP contribution < -0.4 is 5.32 Å². The molecule has 1 aromatic heterocycles. The lowest BCUT2D eigenvalue weighted by atomic mass is 10.1. The first-order valence-electron chi connectivity index (χ1n) is 8.89. The summed E-state index contributed by atoms with van der Waals surface area (Å²) in [5.74, 6) is 0. The zero-order chi connectivity index (χ0) is 17.6. The quantitative estimate of drug-likeness (QED) is 0.909. The number of aromatic nitrogens is 2. The Balaban J connectivity index is 1.63. The van der Waals surface area contributed by atoms with E-state index in [9.17, 15) is 4.79 Å². The molecule has 2 aromatic rings. The van der Waals surface area contributed by atoms with Gasteiger partial charge in [0.25, 0.3) is 0 Å². The number of benzene rings is 1. The van der Waals surface area contributed by atoms with Gasteiger partial charge >= 0.3 is 6.03 Å². The molecule has 1 fully saturated rings. The summed E-state index contributed by atoms with van der Waals surface area (Å²) < 4.78 is 7.49. The van der Waals surface area contributed by atoms with Crippen LogP contribution in [0.3, 0.4) is 0 Å². The van der Waals surface area contributed by atoms with E-state index in [-0.39, 0.29) is 12.1 Å². The normalized spacial score (nSPS) is 17.5. The molecule has 1 saturated heterocycles. The number of amides is 2. The molecule has 1 atom stereocenters. The van der Waals surface area contributed by atoms with Gasteiger partial charge in [-0.3, -0.25) is 4.68 Å². The van der Waals surface area contributed by atoms with Crippen molar-refractivity contribution in [2.45, 2.75) is 32.4 Å². The van der Waals surface area contributed by atoms with E-state index < -0.39 is 0 Å². The molecule has 2 heterocycles. The Bertz CT molecular complexity index is 697. The summed E-state index contributed by atoms with van der Waals surface area (Å²) in [7, 11) is 1.90. The van der Waals surface area contributed by atoms with Gasteiger partial charge in [-0.05, 0) is 6.42 Å². The molecule has 1 aromatic carbocycles. The lowest BCUT2D eigenvalue weighted by Crippen LogP contribution is -2.49. The Hall–Kier alpha value is -2.34. The van der Waals surface area contributed by atoms with Crippen LogP contribution in [0.2, 0.25) is 0 Å². The number of nitrogens with one attached hydrogen (secondary N) is 1. The number of hydrogen-bond acceptors (Lipinski definition) is 3. The second-order valence-corrected chi connectivity index (χ2v) is 6.43. The van der Waals surface area contributed by atoms with Gasteiger partial charge in [0.2, 0.25) is 0 Å². The van der Waals surface area contributed by atoms with Gasteiger partial charge in [-0.25, -0.2) is 4.79 Å². The Morgan fingerprint density at radius 1 is 1.36 bits per heavy atom. The van der Waals surface area contributed by atoms with Crippen molar-refractivity contribution in [3.63, 3.8) is 0 Å². The number of nitrogens with zero attached hydrogens (tertiary/aromatic N) is 3. The minimum absolute atomic E-state index is 0.0349. The maximum atomic E-state index is 12.5. The zero-order valence-electron chi connectivity index (χ0n) is 14.9. The fourth-order valence-corrected chi connectivity index (χ4v) is 3.19. The van der Waals surface area contributed by atoms with Gasteiger partial charge < -0.3 is 15.0 Å². The highest BCUT2D eigenvalue weighted by molar-refractivity contribution is 5.74. The molecule has 0 spiro atoms. The highest BCUT2D eigenvalue weighted by atomic mass is 16.5. The minimum atomic E-state index is -0.0349. The number of ether oxygens (including phenoxy) is 1. The van der Waals surface area contributed by atoms with Crippen molar-refractivity contribution in [3.8, 4) is 11.3 Å². The summed E-state index contributed by atoms with van der Waals surface area (Å²) in [6.07, 6.45) is 4.17. The van der Waals surface area contributed by atoms with Crippen LogP contribution in [0.5, 0.6) is 0 Å². The van der Waals surface area contributed by atoms with E-state index in [1.165, 1.54) is 0 Å².